The Morgan fingerprint density at radius 1 is 1.33 bits per heavy atom. The van der Waals surface area contributed by atoms with Crippen LogP contribution in [-0.2, 0) is 4.79 Å². The van der Waals surface area contributed by atoms with Gasteiger partial charge in [-0.1, -0.05) is 0 Å². The van der Waals surface area contributed by atoms with E-state index in [0.717, 1.165) is 50.6 Å². The molecule has 2 fully saturated rings. The molecule has 5 nitrogen and oxygen atoms in total. The van der Waals surface area contributed by atoms with Gasteiger partial charge in [-0.25, -0.2) is 4.98 Å². The number of hydrogen-bond acceptors (Lipinski definition) is 5. The van der Waals surface area contributed by atoms with Crippen LogP contribution in [0.5, 0.6) is 0 Å². The molecule has 3 heterocycles. The molecule has 0 aliphatic carbocycles. The highest BCUT2D eigenvalue weighted by atomic mass is 32.2. The van der Waals surface area contributed by atoms with E-state index in [2.05, 4.69) is 16.8 Å². The average Bonchev–Trinajstić information content (AvgIpc) is 2.96. The van der Waals surface area contributed by atoms with Gasteiger partial charge in [0.1, 0.15) is 5.82 Å². The lowest BCUT2D eigenvalue weighted by atomic mass is 10.0. The van der Waals surface area contributed by atoms with Gasteiger partial charge in [-0.2, -0.15) is 0 Å². The maximum Gasteiger partial charge on any atom is 0.238 e. The molecule has 0 spiro atoms. The molecule has 2 aliphatic heterocycles. The Labute approximate surface area is 129 Å². The highest BCUT2D eigenvalue weighted by Gasteiger charge is 2.40. The highest BCUT2D eigenvalue weighted by molar-refractivity contribution is 8.01. The van der Waals surface area contributed by atoms with E-state index < -0.39 is 0 Å². The Hall–Kier alpha value is -1.43. The highest BCUT2D eigenvalue weighted by Crippen LogP contribution is 2.39. The predicted octanol–water partition coefficient (Wildman–Crippen LogP) is 1.60. The fourth-order valence-electron chi connectivity index (χ4n) is 3.01. The van der Waals surface area contributed by atoms with Crippen LogP contribution < -0.4 is 10.6 Å². The molecule has 0 saturated carbocycles. The molecule has 3 rings (SSSR count). The fraction of sp³-hybridized carbons (Fsp3) is 0.600. The number of aromatic nitrogens is 1. The minimum absolute atomic E-state index is 0.193. The van der Waals surface area contributed by atoms with Crippen molar-refractivity contribution in [3.05, 3.63) is 18.3 Å². The zero-order valence-corrected chi connectivity index (χ0v) is 13.2. The van der Waals surface area contributed by atoms with E-state index in [1.54, 1.807) is 6.20 Å². The molecule has 0 bridgehead atoms. The smallest absolute Gasteiger partial charge is 0.238 e. The number of nitrogen functional groups attached to an aromatic ring is 1. The second-order valence-electron chi connectivity index (χ2n) is 5.91. The number of carbonyl (C=O) groups excluding carboxylic acids is 1. The van der Waals surface area contributed by atoms with Crippen molar-refractivity contribution < 1.29 is 4.79 Å². The molecule has 114 valence electrons. The summed E-state index contributed by atoms with van der Waals surface area (Å²) in [7, 11) is 0. The normalized spacial score (nSPS) is 26.1. The largest absolute Gasteiger partial charge is 0.397 e. The van der Waals surface area contributed by atoms with Crippen LogP contribution in [0.3, 0.4) is 0 Å². The minimum atomic E-state index is -0.193. The van der Waals surface area contributed by atoms with Gasteiger partial charge in [-0.3, -0.25) is 4.79 Å². The first kappa shape index (κ1) is 14.5. The molecule has 1 amide bonds. The molecule has 6 heteroatoms. The fourth-order valence-corrected chi connectivity index (χ4v) is 4.29. The van der Waals surface area contributed by atoms with E-state index in [1.807, 2.05) is 28.8 Å². The van der Waals surface area contributed by atoms with Crippen LogP contribution in [0.15, 0.2) is 18.3 Å². The maximum absolute atomic E-state index is 12.7. The SMILES string of the molecule is CC1(C(=O)N2CCN(c3ccc(N)cn3)CC2)CCCS1. The van der Waals surface area contributed by atoms with Crippen molar-refractivity contribution in [2.45, 2.75) is 24.5 Å². The summed E-state index contributed by atoms with van der Waals surface area (Å²) in [5, 5.41) is 0. The molecule has 2 saturated heterocycles. The number of hydrogen-bond donors (Lipinski definition) is 1. The molecule has 2 aliphatic rings. The Morgan fingerprint density at radius 3 is 2.67 bits per heavy atom. The van der Waals surface area contributed by atoms with Crippen LogP contribution in [-0.4, -0.2) is 52.5 Å². The van der Waals surface area contributed by atoms with Crippen molar-refractivity contribution in [1.29, 1.82) is 0 Å². The molecular formula is C15H22N4OS. The Balaban J connectivity index is 1.60. The number of pyridine rings is 1. The molecule has 21 heavy (non-hydrogen) atoms. The zero-order chi connectivity index (χ0) is 14.9. The van der Waals surface area contributed by atoms with Crippen molar-refractivity contribution in [3.63, 3.8) is 0 Å². The summed E-state index contributed by atoms with van der Waals surface area (Å²) in [6.45, 7) is 5.33. The maximum atomic E-state index is 12.7. The molecular weight excluding hydrogens is 284 g/mol. The van der Waals surface area contributed by atoms with E-state index in [-0.39, 0.29) is 4.75 Å². The molecule has 0 radical (unpaired) electrons. The molecule has 1 atom stereocenters. The summed E-state index contributed by atoms with van der Waals surface area (Å²) in [4.78, 5) is 21.3. The van der Waals surface area contributed by atoms with Crippen molar-refractivity contribution in [3.8, 4) is 0 Å². The third-order valence-electron chi connectivity index (χ3n) is 4.33. The molecule has 1 aromatic rings. The van der Waals surface area contributed by atoms with E-state index in [4.69, 9.17) is 5.73 Å². The summed E-state index contributed by atoms with van der Waals surface area (Å²) in [5.74, 6) is 2.37. The van der Waals surface area contributed by atoms with E-state index >= 15 is 0 Å². The lowest BCUT2D eigenvalue weighted by molar-refractivity contribution is -0.133. The third-order valence-corrected chi connectivity index (χ3v) is 5.84. The predicted molar refractivity (Wildman–Crippen MR) is 87.5 cm³/mol. The summed E-state index contributed by atoms with van der Waals surface area (Å²) in [5.41, 5.74) is 6.35. The Kier molecular flexibility index (Phi) is 3.97. The Morgan fingerprint density at radius 2 is 2.10 bits per heavy atom. The summed E-state index contributed by atoms with van der Waals surface area (Å²) >= 11 is 1.81. The molecule has 1 unspecified atom stereocenters. The number of nitrogens with zero attached hydrogens (tertiary/aromatic N) is 3. The molecule has 0 aromatic carbocycles. The van der Waals surface area contributed by atoms with Gasteiger partial charge in [0.15, 0.2) is 0 Å². The number of nitrogens with two attached hydrogens (primary N) is 1. The first-order valence-corrected chi connectivity index (χ1v) is 8.47. The average molecular weight is 306 g/mol. The van der Waals surface area contributed by atoms with E-state index in [0.29, 0.717) is 11.6 Å². The minimum Gasteiger partial charge on any atom is -0.397 e. The van der Waals surface area contributed by atoms with Gasteiger partial charge in [0.05, 0.1) is 16.6 Å². The summed E-state index contributed by atoms with van der Waals surface area (Å²) in [6.07, 6.45) is 3.85. The lowest BCUT2D eigenvalue weighted by Crippen LogP contribution is -2.53. The number of piperazine rings is 1. The summed E-state index contributed by atoms with van der Waals surface area (Å²) < 4.78 is -0.193. The lowest BCUT2D eigenvalue weighted by Gasteiger charge is -2.38. The van der Waals surface area contributed by atoms with Crippen LogP contribution in [0.2, 0.25) is 0 Å². The van der Waals surface area contributed by atoms with Crippen LogP contribution in [0.1, 0.15) is 19.8 Å². The van der Waals surface area contributed by atoms with Gasteiger partial charge in [0.25, 0.3) is 0 Å². The van der Waals surface area contributed by atoms with Gasteiger partial charge < -0.3 is 15.5 Å². The second-order valence-corrected chi connectivity index (χ2v) is 7.51. The topological polar surface area (TPSA) is 62.5 Å². The number of thioether (sulfide) groups is 1. The number of carbonyl (C=O) groups is 1. The number of amides is 1. The van der Waals surface area contributed by atoms with Crippen molar-refractivity contribution in [2.24, 2.45) is 0 Å². The van der Waals surface area contributed by atoms with Crippen molar-refractivity contribution >= 4 is 29.2 Å². The Bertz CT molecular complexity index is 505. The van der Waals surface area contributed by atoms with Gasteiger partial charge in [0.2, 0.25) is 5.91 Å². The standard InChI is InChI=1S/C15H22N4OS/c1-15(5-2-10-21-15)14(20)19-8-6-18(7-9-19)13-4-3-12(16)11-17-13/h3-4,11H,2,5-10,16H2,1H3. The quantitative estimate of drug-likeness (QED) is 0.899. The number of anilines is 2. The van der Waals surface area contributed by atoms with Gasteiger partial charge >= 0.3 is 0 Å². The second kappa shape index (κ2) is 5.75. The zero-order valence-electron chi connectivity index (χ0n) is 12.4. The van der Waals surface area contributed by atoms with Crippen molar-refractivity contribution in [1.82, 2.24) is 9.88 Å². The monoisotopic (exact) mass is 306 g/mol. The van der Waals surface area contributed by atoms with Crippen LogP contribution in [0.25, 0.3) is 0 Å². The van der Waals surface area contributed by atoms with Crippen molar-refractivity contribution in [2.75, 3.05) is 42.6 Å². The van der Waals surface area contributed by atoms with Gasteiger partial charge in [-0.05, 0) is 37.7 Å². The van der Waals surface area contributed by atoms with Crippen LogP contribution in [0.4, 0.5) is 11.5 Å². The van der Waals surface area contributed by atoms with Crippen LogP contribution in [0, 0.1) is 0 Å². The van der Waals surface area contributed by atoms with E-state index in [1.165, 1.54) is 0 Å². The third kappa shape index (κ3) is 2.95. The van der Waals surface area contributed by atoms with E-state index in [9.17, 15) is 4.79 Å². The van der Waals surface area contributed by atoms with Crippen LogP contribution >= 0.6 is 11.8 Å². The summed E-state index contributed by atoms with van der Waals surface area (Å²) in [6, 6.07) is 3.82. The molecule has 2 N–H and O–H groups in total. The molecule has 1 aromatic heterocycles. The van der Waals surface area contributed by atoms with Gasteiger partial charge in [-0.15, -0.1) is 11.8 Å². The van der Waals surface area contributed by atoms with Gasteiger partial charge in [0, 0.05) is 26.2 Å². The number of rotatable bonds is 2. The first-order valence-electron chi connectivity index (χ1n) is 7.48. The first-order chi connectivity index (χ1) is 10.1.